The second-order valence-corrected chi connectivity index (χ2v) is 7.64. The van der Waals surface area contributed by atoms with E-state index in [1.165, 1.54) is 18.3 Å². The highest BCUT2D eigenvalue weighted by molar-refractivity contribution is 7.18. The van der Waals surface area contributed by atoms with Crippen LogP contribution in [-0.2, 0) is 11.3 Å². The van der Waals surface area contributed by atoms with Gasteiger partial charge in [-0.1, -0.05) is 6.07 Å². The molecule has 2 N–H and O–H groups in total. The third-order valence-corrected chi connectivity index (χ3v) is 5.30. The van der Waals surface area contributed by atoms with Crippen molar-refractivity contribution in [1.82, 2.24) is 15.3 Å². The topological polar surface area (TPSA) is 84.0 Å². The minimum Gasteiger partial charge on any atom is -0.351 e. The number of hydrogen-bond donors (Lipinski definition) is 2. The van der Waals surface area contributed by atoms with E-state index < -0.39 is 0 Å². The summed E-state index contributed by atoms with van der Waals surface area (Å²) in [7, 11) is 0. The Morgan fingerprint density at radius 2 is 2.00 bits per heavy atom. The molecule has 6 nitrogen and oxygen atoms in total. The lowest BCUT2D eigenvalue weighted by Gasteiger charge is -1.99. The van der Waals surface area contributed by atoms with Crippen LogP contribution in [-0.4, -0.2) is 21.8 Å². The quantitative estimate of drug-likeness (QED) is 0.718. The summed E-state index contributed by atoms with van der Waals surface area (Å²) < 4.78 is 0. The number of anilines is 1. The molecular formula is C17H16N4O2S2. The maximum atomic E-state index is 12.2. The molecule has 0 aromatic carbocycles. The zero-order valence-corrected chi connectivity index (χ0v) is 15.3. The number of nitrogens with one attached hydrogen (secondary N) is 2. The van der Waals surface area contributed by atoms with Crippen LogP contribution in [0.25, 0.3) is 10.6 Å². The molecule has 25 heavy (non-hydrogen) atoms. The minimum atomic E-state index is -0.279. The van der Waals surface area contributed by atoms with Crippen molar-refractivity contribution in [2.75, 3.05) is 5.32 Å². The Bertz CT molecular complexity index is 903. The van der Waals surface area contributed by atoms with Crippen molar-refractivity contribution in [3.63, 3.8) is 0 Å². The van der Waals surface area contributed by atoms with Gasteiger partial charge in [0.05, 0.1) is 17.1 Å². The van der Waals surface area contributed by atoms with Crippen LogP contribution in [0.2, 0.25) is 0 Å². The number of amides is 2. The molecule has 2 amide bonds. The first-order chi connectivity index (χ1) is 12.0. The summed E-state index contributed by atoms with van der Waals surface area (Å²) in [5.41, 5.74) is 1.20. The second-order valence-electron chi connectivity index (χ2n) is 5.27. The van der Waals surface area contributed by atoms with Crippen LogP contribution in [0.15, 0.2) is 36.5 Å². The number of aryl methyl sites for hydroxylation is 1. The number of carbonyl (C=O) groups excluding carboxylic acids is 2. The van der Waals surface area contributed by atoms with Crippen molar-refractivity contribution in [2.24, 2.45) is 0 Å². The van der Waals surface area contributed by atoms with Gasteiger partial charge >= 0.3 is 0 Å². The van der Waals surface area contributed by atoms with E-state index in [2.05, 4.69) is 20.6 Å². The average Bonchev–Trinajstić information content (AvgIpc) is 3.20. The molecule has 0 aliphatic heterocycles. The Balaban J connectivity index is 1.74. The predicted molar refractivity (Wildman–Crippen MR) is 99.9 cm³/mol. The number of pyridine rings is 1. The zero-order chi connectivity index (χ0) is 17.8. The fraction of sp³-hybridized carbons (Fsp3) is 0.176. The van der Waals surface area contributed by atoms with Gasteiger partial charge in [0.1, 0.15) is 5.69 Å². The third-order valence-electron chi connectivity index (χ3n) is 3.32. The summed E-state index contributed by atoms with van der Waals surface area (Å²) in [6.07, 6.45) is 1.58. The van der Waals surface area contributed by atoms with Gasteiger partial charge in [-0.05, 0) is 31.2 Å². The van der Waals surface area contributed by atoms with Crippen molar-refractivity contribution in [2.45, 2.75) is 20.4 Å². The summed E-state index contributed by atoms with van der Waals surface area (Å²) in [5, 5.41) is 6.11. The first-order valence-electron chi connectivity index (χ1n) is 7.56. The van der Waals surface area contributed by atoms with Crippen molar-refractivity contribution >= 4 is 39.6 Å². The molecule has 0 bridgehead atoms. The summed E-state index contributed by atoms with van der Waals surface area (Å²) >= 11 is 3.00. The molecule has 0 aliphatic rings. The lowest BCUT2D eigenvalue weighted by molar-refractivity contribution is -0.119. The van der Waals surface area contributed by atoms with Gasteiger partial charge in [-0.25, -0.2) is 4.98 Å². The highest BCUT2D eigenvalue weighted by Crippen LogP contribution is 2.34. The third kappa shape index (κ3) is 4.28. The molecule has 0 fully saturated rings. The number of aromatic nitrogens is 2. The van der Waals surface area contributed by atoms with E-state index in [0.29, 0.717) is 17.4 Å². The molecule has 0 unspecified atom stereocenters. The molecule has 0 atom stereocenters. The standard InChI is InChI=1S/C17H16N4O2S2/c1-10-15(14-7-6-12(25-14)9-19-11(2)22)20-17(24-10)21-16(23)13-5-3-4-8-18-13/h3-8H,9H2,1-2H3,(H,19,22)(H,20,21,23). The maximum absolute atomic E-state index is 12.2. The number of hydrogen-bond acceptors (Lipinski definition) is 6. The van der Waals surface area contributed by atoms with Gasteiger partial charge in [0, 0.05) is 22.9 Å². The van der Waals surface area contributed by atoms with E-state index in [4.69, 9.17) is 0 Å². The van der Waals surface area contributed by atoms with E-state index in [1.54, 1.807) is 35.7 Å². The van der Waals surface area contributed by atoms with Crippen LogP contribution < -0.4 is 10.6 Å². The van der Waals surface area contributed by atoms with Crippen molar-refractivity contribution in [3.8, 4) is 10.6 Å². The fourth-order valence-electron chi connectivity index (χ4n) is 2.15. The van der Waals surface area contributed by atoms with E-state index in [1.807, 2.05) is 19.1 Å². The zero-order valence-electron chi connectivity index (χ0n) is 13.7. The molecule has 0 radical (unpaired) electrons. The van der Waals surface area contributed by atoms with Crippen LogP contribution in [0.1, 0.15) is 27.2 Å². The summed E-state index contributed by atoms with van der Waals surface area (Å²) in [6, 6.07) is 9.14. The number of thiophene rings is 1. The second kappa shape index (κ2) is 7.54. The maximum Gasteiger partial charge on any atom is 0.276 e. The van der Waals surface area contributed by atoms with Crippen LogP contribution >= 0.6 is 22.7 Å². The van der Waals surface area contributed by atoms with Crippen LogP contribution in [0.5, 0.6) is 0 Å². The molecule has 128 valence electrons. The van der Waals surface area contributed by atoms with Crippen LogP contribution in [0.3, 0.4) is 0 Å². The van der Waals surface area contributed by atoms with E-state index in [-0.39, 0.29) is 11.8 Å². The Morgan fingerprint density at radius 3 is 2.72 bits per heavy atom. The summed E-state index contributed by atoms with van der Waals surface area (Å²) in [4.78, 5) is 34.8. The number of rotatable bonds is 5. The SMILES string of the molecule is CC(=O)NCc1ccc(-c2nc(NC(=O)c3ccccn3)sc2C)s1. The van der Waals surface area contributed by atoms with E-state index >= 15 is 0 Å². The number of carbonyl (C=O) groups is 2. The monoisotopic (exact) mass is 372 g/mol. The molecule has 0 aliphatic carbocycles. The highest BCUT2D eigenvalue weighted by Gasteiger charge is 2.15. The van der Waals surface area contributed by atoms with Gasteiger partial charge in [0.25, 0.3) is 5.91 Å². The Labute approximate surface area is 153 Å². The first kappa shape index (κ1) is 17.2. The summed E-state index contributed by atoms with van der Waals surface area (Å²) in [6.45, 7) is 3.97. The highest BCUT2D eigenvalue weighted by atomic mass is 32.1. The van der Waals surface area contributed by atoms with Gasteiger partial charge in [-0.15, -0.1) is 22.7 Å². The minimum absolute atomic E-state index is 0.0562. The smallest absolute Gasteiger partial charge is 0.276 e. The van der Waals surface area contributed by atoms with Gasteiger partial charge in [0.15, 0.2) is 5.13 Å². The Hall–Kier alpha value is -2.58. The fourth-order valence-corrected chi connectivity index (χ4v) is 4.03. The van der Waals surface area contributed by atoms with Crippen LogP contribution in [0.4, 0.5) is 5.13 Å². The molecule has 0 saturated carbocycles. The van der Waals surface area contributed by atoms with Gasteiger partial charge in [-0.3, -0.25) is 19.9 Å². The van der Waals surface area contributed by atoms with Crippen LogP contribution in [0, 0.1) is 6.92 Å². The molecule has 0 spiro atoms. The molecule has 3 aromatic rings. The van der Waals surface area contributed by atoms with Crippen molar-refractivity contribution in [1.29, 1.82) is 0 Å². The predicted octanol–water partition coefficient (Wildman–Crippen LogP) is 3.46. The van der Waals surface area contributed by atoms with Crippen molar-refractivity contribution < 1.29 is 9.59 Å². The van der Waals surface area contributed by atoms with Gasteiger partial charge in [-0.2, -0.15) is 0 Å². The number of nitrogens with zero attached hydrogens (tertiary/aromatic N) is 2. The average molecular weight is 372 g/mol. The molecule has 8 heteroatoms. The van der Waals surface area contributed by atoms with E-state index in [9.17, 15) is 9.59 Å². The molecule has 3 rings (SSSR count). The normalized spacial score (nSPS) is 10.5. The van der Waals surface area contributed by atoms with Gasteiger partial charge < -0.3 is 5.32 Å². The van der Waals surface area contributed by atoms with E-state index in [0.717, 1.165) is 20.3 Å². The van der Waals surface area contributed by atoms with Crippen molar-refractivity contribution in [3.05, 3.63) is 52.0 Å². The molecular weight excluding hydrogens is 356 g/mol. The Morgan fingerprint density at radius 1 is 1.16 bits per heavy atom. The first-order valence-corrected chi connectivity index (χ1v) is 9.19. The Kier molecular flexibility index (Phi) is 5.20. The molecule has 3 heterocycles. The number of thiazole rings is 1. The molecule has 0 saturated heterocycles. The lowest BCUT2D eigenvalue weighted by atomic mass is 10.3. The largest absolute Gasteiger partial charge is 0.351 e. The lowest BCUT2D eigenvalue weighted by Crippen LogP contribution is -2.17. The van der Waals surface area contributed by atoms with Gasteiger partial charge in [0.2, 0.25) is 5.91 Å². The summed E-state index contributed by atoms with van der Waals surface area (Å²) in [5.74, 6) is -0.335. The molecule has 3 aromatic heterocycles.